The molecule has 2 fully saturated rings. The van der Waals surface area contributed by atoms with E-state index in [0.717, 1.165) is 25.1 Å². The minimum absolute atomic E-state index is 0.0477. The monoisotopic (exact) mass is 206 g/mol. The van der Waals surface area contributed by atoms with Crippen LogP contribution in [0.4, 0.5) is 0 Å². The van der Waals surface area contributed by atoms with Crippen molar-refractivity contribution < 1.29 is 9.21 Å². The second kappa shape index (κ2) is 3.10. The van der Waals surface area contributed by atoms with Gasteiger partial charge in [-0.25, -0.2) is 0 Å². The van der Waals surface area contributed by atoms with Crippen molar-refractivity contribution in [3.63, 3.8) is 0 Å². The van der Waals surface area contributed by atoms with Crippen LogP contribution >= 0.6 is 0 Å². The van der Waals surface area contributed by atoms with E-state index in [1.807, 2.05) is 17.9 Å². The molecule has 0 aromatic carbocycles. The molecule has 2 unspecified atom stereocenters. The Hall–Kier alpha value is -1.29. The first-order chi connectivity index (χ1) is 7.27. The van der Waals surface area contributed by atoms with Crippen LogP contribution in [0.2, 0.25) is 0 Å². The van der Waals surface area contributed by atoms with Crippen LogP contribution in [0.15, 0.2) is 16.7 Å². The number of amides is 1. The second-order valence-electron chi connectivity index (χ2n) is 4.30. The topological polar surface area (TPSA) is 45.5 Å². The molecule has 1 aromatic heterocycles. The quantitative estimate of drug-likeness (QED) is 0.738. The van der Waals surface area contributed by atoms with Crippen LogP contribution in [-0.4, -0.2) is 36.0 Å². The van der Waals surface area contributed by atoms with Crippen LogP contribution in [0.5, 0.6) is 0 Å². The highest BCUT2D eigenvalue weighted by Gasteiger charge is 2.43. The number of fused-ring (bicyclic) bond motifs is 1. The molecule has 15 heavy (non-hydrogen) atoms. The maximum Gasteiger partial charge on any atom is 0.290 e. The first-order valence-corrected chi connectivity index (χ1v) is 5.36. The molecule has 0 bridgehead atoms. The van der Waals surface area contributed by atoms with E-state index in [1.54, 1.807) is 6.26 Å². The highest BCUT2D eigenvalue weighted by atomic mass is 16.3. The lowest BCUT2D eigenvalue weighted by atomic mass is 10.0. The van der Waals surface area contributed by atoms with Crippen LogP contribution in [-0.2, 0) is 0 Å². The highest BCUT2D eigenvalue weighted by Crippen LogP contribution is 2.26. The lowest BCUT2D eigenvalue weighted by molar-refractivity contribution is 0.0645. The van der Waals surface area contributed by atoms with Gasteiger partial charge in [0.25, 0.3) is 5.91 Å². The summed E-state index contributed by atoms with van der Waals surface area (Å²) in [4.78, 5) is 14.1. The molecule has 1 amide bonds. The molecule has 3 rings (SSSR count). The third-order valence-corrected chi connectivity index (χ3v) is 3.45. The molecule has 3 heterocycles. The van der Waals surface area contributed by atoms with E-state index in [-0.39, 0.29) is 5.91 Å². The highest BCUT2D eigenvalue weighted by molar-refractivity contribution is 5.93. The standard InChI is InChI=1S/C11H14N2O2/c1-7-3-5-15-10(7)11(14)13-4-2-8-9(13)6-12-8/h3,5,8-9,12H,2,4,6H2,1H3. The van der Waals surface area contributed by atoms with Crippen molar-refractivity contribution in [3.05, 3.63) is 23.7 Å². The van der Waals surface area contributed by atoms with Crippen molar-refractivity contribution in [2.24, 2.45) is 0 Å². The number of hydrogen-bond acceptors (Lipinski definition) is 3. The molecular formula is C11H14N2O2. The number of nitrogens with one attached hydrogen (secondary N) is 1. The summed E-state index contributed by atoms with van der Waals surface area (Å²) in [5.74, 6) is 0.550. The summed E-state index contributed by atoms with van der Waals surface area (Å²) >= 11 is 0. The van der Waals surface area contributed by atoms with E-state index in [0.29, 0.717) is 17.8 Å². The molecular weight excluding hydrogens is 192 g/mol. The van der Waals surface area contributed by atoms with E-state index in [4.69, 9.17) is 4.42 Å². The van der Waals surface area contributed by atoms with Crippen molar-refractivity contribution in [1.82, 2.24) is 10.2 Å². The van der Waals surface area contributed by atoms with Gasteiger partial charge >= 0.3 is 0 Å². The molecule has 2 atom stereocenters. The third kappa shape index (κ3) is 1.21. The number of aryl methyl sites for hydroxylation is 1. The first kappa shape index (κ1) is 8.97. The number of furan rings is 1. The fraction of sp³-hybridized carbons (Fsp3) is 0.545. The van der Waals surface area contributed by atoms with Gasteiger partial charge in [-0.15, -0.1) is 0 Å². The summed E-state index contributed by atoms with van der Waals surface area (Å²) in [7, 11) is 0. The van der Waals surface area contributed by atoms with Gasteiger partial charge in [0.05, 0.1) is 12.3 Å². The normalized spacial score (nSPS) is 28.7. The van der Waals surface area contributed by atoms with Crippen LogP contribution in [0, 0.1) is 6.92 Å². The van der Waals surface area contributed by atoms with Gasteiger partial charge in [0.2, 0.25) is 0 Å². The molecule has 4 nitrogen and oxygen atoms in total. The molecule has 1 aromatic rings. The predicted octanol–water partition coefficient (Wildman–Crippen LogP) is 0.774. The summed E-state index contributed by atoms with van der Waals surface area (Å²) in [5, 5.41) is 3.33. The van der Waals surface area contributed by atoms with Gasteiger partial charge in [-0.1, -0.05) is 0 Å². The Morgan fingerprint density at radius 2 is 2.53 bits per heavy atom. The molecule has 0 spiro atoms. The third-order valence-electron chi connectivity index (χ3n) is 3.45. The van der Waals surface area contributed by atoms with Crippen molar-refractivity contribution in [3.8, 4) is 0 Å². The van der Waals surface area contributed by atoms with Crippen molar-refractivity contribution >= 4 is 5.91 Å². The Balaban J connectivity index is 1.83. The van der Waals surface area contributed by atoms with Gasteiger partial charge < -0.3 is 14.6 Å². The molecule has 0 saturated carbocycles. The Morgan fingerprint density at radius 3 is 3.07 bits per heavy atom. The number of likely N-dealkylation sites (tertiary alicyclic amines) is 1. The predicted molar refractivity (Wildman–Crippen MR) is 54.7 cm³/mol. The van der Waals surface area contributed by atoms with E-state index >= 15 is 0 Å². The number of nitrogens with zero attached hydrogens (tertiary/aromatic N) is 1. The second-order valence-corrected chi connectivity index (χ2v) is 4.30. The Labute approximate surface area is 88.2 Å². The summed E-state index contributed by atoms with van der Waals surface area (Å²) in [6.07, 6.45) is 2.64. The SMILES string of the molecule is Cc1ccoc1C(=O)N1CCC2NCC21. The van der Waals surface area contributed by atoms with Gasteiger partial charge in [-0.2, -0.15) is 0 Å². The van der Waals surface area contributed by atoms with Crippen LogP contribution < -0.4 is 5.32 Å². The van der Waals surface area contributed by atoms with Gasteiger partial charge in [0, 0.05) is 24.7 Å². The molecule has 2 aliphatic rings. The smallest absolute Gasteiger partial charge is 0.290 e. The van der Waals surface area contributed by atoms with Gasteiger partial charge in [-0.3, -0.25) is 4.79 Å². The summed E-state index contributed by atoms with van der Waals surface area (Å²) in [6, 6.07) is 2.74. The molecule has 1 N–H and O–H groups in total. The van der Waals surface area contributed by atoms with Crippen LogP contribution in [0.25, 0.3) is 0 Å². The fourth-order valence-electron chi connectivity index (χ4n) is 2.43. The van der Waals surface area contributed by atoms with Crippen LogP contribution in [0.1, 0.15) is 22.5 Å². The average Bonchev–Trinajstić information content (AvgIpc) is 2.70. The lowest BCUT2D eigenvalue weighted by Gasteiger charge is -2.36. The van der Waals surface area contributed by atoms with E-state index in [2.05, 4.69) is 5.32 Å². The molecule has 2 saturated heterocycles. The summed E-state index contributed by atoms with van der Waals surface area (Å²) < 4.78 is 5.23. The van der Waals surface area contributed by atoms with Crippen molar-refractivity contribution in [2.45, 2.75) is 25.4 Å². The Kier molecular flexibility index (Phi) is 1.85. The number of hydrogen-bond donors (Lipinski definition) is 1. The zero-order chi connectivity index (χ0) is 10.4. The van der Waals surface area contributed by atoms with Crippen LogP contribution in [0.3, 0.4) is 0 Å². The summed E-state index contributed by atoms with van der Waals surface area (Å²) in [6.45, 7) is 3.68. The van der Waals surface area contributed by atoms with Crippen molar-refractivity contribution in [1.29, 1.82) is 0 Å². The van der Waals surface area contributed by atoms with Gasteiger partial charge in [0.1, 0.15) is 0 Å². The largest absolute Gasteiger partial charge is 0.459 e. The van der Waals surface area contributed by atoms with Crippen molar-refractivity contribution in [2.75, 3.05) is 13.1 Å². The Morgan fingerprint density at radius 1 is 1.67 bits per heavy atom. The molecule has 0 radical (unpaired) electrons. The van der Waals surface area contributed by atoms with E-state index in [9.17, 15) is 4.79 Å². The average molecular weight is 206 g/mol. The first-order valence-electron chi connectivity index (χ1n) is 5.36. The minimum atomic E-state index is 0.0477. The minimum Gasteiger partial charge on any atom is -0.459 e. The maximum atomic E-state index is 12.1. The number of carbonyl (C=O) groups is 1. The summed E-state index contributed by atoms with van der Waals surface area (Å²) in [5.41, 5.74) is 0.927. The molecule has 4 heteroatoms. The van der Waals surface area contributed by atoms with E-state index < -0.39 is 0 Å². The number of rotatable bonds is 1. The molecule has 80 valence electrons. The molecule has 0 aliphatic carbocycles. The fourth-order valence-corrected chi connectivity index (χ4v) is 2.43. The zero-order valence-electron chi connectivity index (χ0n) is 8.69. The Bertz CT molecular complexity index is 399. The molecule has 2 aliphatic heterocycles. The number of carbonyl (C=O) groups excluding carboxylic acids is 1. The van der Waals surface area contributed by atoms with E-state index in [1.165, 1.54) is 0 Å². The zero-order valence-corrected chi connectivity index (χ0v) is 8.69. The van der Waals surface area contributed by atoms with Gasteiger partial charge in [0.15, 0.2) is 5.76 Å². The lowest BCUT2D eigenvalue weighted by Crippen LogP contribution is -2.60. The van der Waals surface area contributed by atoms with Gasteiger partial charge in [-0.05, 0) is 19.4 Å². The maximum absolute atomic E-state index is 12.1.